The van der Waals surface area contributed by atoms with Crippen LogP contribution >= 0.6 is 11.6 Å². The number of ether oxygens (including phenoxy) is 1. The fraction of sp³-hybridized carbons (Fsp3) is 0.130. The Labute approximate surface area is 173 Å². The van der Waals surface area contributed by atoms with E-state index in [-0.39, 0.29) is 5.76 Å². The lowest BCUT2D eigenvalue weighted by molar-refractivity contribution is -0.130. The number of aliphatic hydroxyl groups excluding tert-OH is 1. The molecule has 0 saturated heterocycles. The van der Waals surface area contributed by atoms with Gasteiger partial charge in [0.1, 0.15) is 5.75 Å². The molecule has 0 radical (unpaired) electrons. The van der Waals surface area contributed by atoms with Gasteiger partial charge in [-0.2, -0.15) is 0 Å². The molecule has 3 aromatic rings. The van der Waals surface area contributed by atoms with Crippen molar-refractivity contribution in [1.29, 1.82) is 0 Å². The molecule has 5 nitrogen and oxygen atoms in total. The van der Waals surface area contributed by atoms with Gasteiger partial charge in [0.2, 0.25) is 0 Å². The number of nitrogens with zero attached hydrogens (tertiary/aromatic N) is 2. The third kappa shape index (κ3) is 3.69. The second-order valence-electron chi connectivity index (χ2n) is 6.73. The molecule has 2 heterocycles. The molecule has 29 heavy (non-hydrogen) atoms. The number of aliphatic hydroxyl groups is 1. The predicted molar refractivity (Wildman–Crippen MR) is 112 cm³/mol. The summed E-state index contributed by atoms with van der Waals surface area (Å²) in [4.78, 5) is 18.7. The van der Waals surface area contributed by atoms with Crippen LogP contribution in [0, 0.1) is 0 Å². The minimum absolute atomic E-state index is 0.246. The Kier molecular flexibility index (Phi) is 5.23. The lowest BCUT2D eigenvalue weighted by atomic mass is 9.93. The summed E-state index contributed by atoms with van der Waals surface area (Å²) in [7, 11) is 1.60. The smallest absolute Gasteiger partial charge is 0.290 e. The number of rotatable bonds is 5. The van der Waals surface area contributed by atoms with Crippen LogP contribution in [0.15, 0.2) is 78.8 Å². The van der Waals surface area contributed by atoms with Gasteiger partial charge in [0.25, 0.3) is 5.91 Å². The highest BCUT2D eigenvalue weighted by Gasteiger charge is 2.40. The number of pyridine rings is 1. The summed E-state index contributed by atoms with van der Waals surface area (Å²) in [5, 5.41) is 11.4. The first-order valence-corrected chi connectivity index (χ1v) is 9.49. The van der Waals surface area contributed by atoms with Gasteiger partial charge in [-0.1, -0.05) is 35.9 Å². The average Bonchev–Trinajstić information content (AvgIpc) is 3.00. The first-order valence-electron chi connectivity index (χ1n) is 9.11. The van der Waals surface area contributed by atoms with Crippen LogP contribution in [0.25, 0.3) is 5.57 Å². The summed E-state index contributed by atoms with van der Waals surface area (Å²) in [6, 6.07) is 17.9. The molecule has 146 valence electrons. The molecule has 0 saturated carbocycles. The van der Waals surface area contributed by atoms with Crippen molar-refractivity contribution in [1.82, 2.24) is 9.88 Å². The fourth-order valence-corrected chi connectivity index (χ4v) is 3.68. The third-order valence-corrected chi connectivity index (χ3v) is 5.24. The summed E-state index contributed by atoms with van der Waals surface area (Å²) in [5.41, 5.74) is 3.12. The number of carbonyl (C=O) groups is 1. The number of hydrogen-bond acceptors (Lipinski definition) is 4. The van der Waals surface area contributed by atoms with Crippen molar-refractivity contribution in [2.45, 2.75) is 12.6 Å². The third-order valence-electron chi connectivity index (χ3n) is 4.99. The van der Waals surface area contributed by atoms with Crippen LogP contribution in [0.1, 0.15) is 22.7 Å². The molecule has 1 N–H and O–H groups in total. The van der Waals surface area contributed by atoms with Crippen molar-refractivity contribution in [2.75, 3.05) is 7.11 Å². The van der Waals surface area contributed by atoms with E-state index in [2.05, 4.69) is 4.98 Å². The monoisotopic (exact) mass is 406 g/mol. The van der Waals surface area contributed by atoms with Crippen LogP contribution in [-0.2, 0) is 11.3 Å². The van der Waals surface area contributed by atoms with Crippen LogP contribution in [-0.4, -0.2) is 28.0 Å². The van der Waals surface area contributed by atoms with Crippen LogP contribution in [0.5, 0.6) is 5.75 Å². The molecular weight excluding hydrogens is 388 g/mol. The van der Waals surface area contributed by atoms with E-state index in [1.54, 1.807) is 36.5 Å². The Morgan fingerprint density at radius 2 is 1.69 bits per heavy atom. The van der Waals surface area contributed by atoms with Crippen molar-refractivity contribution in [2.24, 2.45) is 0 Å². The summed E-state index contributed by atoms with van der Waals surface area (Å²) in [6.07, 6.45) is 3.37. The van der Waals surface area contributed by atoms with E-state index in [0.717, 1.165) is 16.7 Å². The van der Waals surface area contributed by atoms with Gasteiger partial charge in [-0.25, -0.2) is 0 Å². The number of aromatic nitrogens is 1. The molecule has 0 fully saturated rings. The lowest BCUT2D eigenvalue weighted by Gasteiger charge is -2.27. The highest BCUT2D eigenvalue weighted by molar-refractivity contribution is 6.30. The van der Waals surface area contributed by atoms with Crippen molar-refractivity contribution < 1.29 is 14.6 Å². The maximum absolute atomic E-state index is 13.0. The number of methoxy groups -OCH3 is 1. The summed E-state index contributed by atoms with van der Waals surface area (Å²) < 4.78 is 5.23. The molecule has 2 aromatic carbocycles. The molecule has 1 unspecified atom stereocenters. The topological polar surface area (TPSA) is 62.7 Å². The summed E-state index contributed by atoms with van der Waals surface area (Å²) >= 11 is 6.07. The zero-order valence-electron chi connectivity index (χ0n) is 15.7. The number of hydrogen-bond donors (Lipinski definition) is 1. The van der Waals surface area contributed by atoms with Gasteiger partial charge in [-0.05, 0) is 53.1 Å². The van der Waals surface area contributed by atoms with Crippen LogP contribution in [0.2, 0.25) is 5.02 Å². The fourth-order valence-electron chi connectivity index (χ4n) is 3.56. The van der Waals surface area contributed by atoms with Crippen molar-refractivity contribution in [3.8, 4) is 5.75 Å². The highest BCUT2D eigenvalue weighted by atomic mass is 35.5. The van der Waals surface area contributed by atoms with Crippen molar-refractivity contribution in [3.05, 3.63) is 101 Å². The molecule has 1 aliphatic heterocycles. The van der Waals surface area contributed by atoms with E-state index in [4.69, 9.17) is 16.3 Å². The molecule has 4 rings (SSSR count). The van der Waals surface area contributed by atoms with E-state index in [1.165, 1.54) is 0 Å². The molecule has 0 bridgehead atoms. The first kappa shape index (κ1) is 19.0. The zero-order chi connectivity index (χ0) is 20.4. The van der Waals surface area contributed by atoms with Crippen molar-refractivity contribution >= 4 is 23.1 Å². The molecule has 1 amide bonds. The van der Waals surface area contributed by atoms with Gasteiger partial charge in [-0.3, -0.25) is 9.78 Å². The molecule has 0 spiro atoms. The van der Waals surface area contributed by atoms with E-state index in [9.17, 15) is 9.90 Å². The average molecular weight is 407 g/mol. The van der Waals surface area contributed by atoms with Crippen LogP contribution in [0.4, 0.5) is 0 Å². The van der Waals surface area contributed by atoms with Crippen LogP contribution < -0.4 is 4.74 Å². The number of benzene rings is 2. The highest BCUT2D eigenvalue weighted by Crippen LogP contribution is 2.44. The van der Waals surface area contributed by atoms with Gasteiger partial charge in [0.15, 0.2) is 5.76 Å². The van der Waals surface area contributed by atoms with Gasteiger partial charge >= 0.3 is 0 Å². The van der Waals surface area contributed by atoms with Gasteiger partial charge in [0, 0.05) is 29.5 Å². The van der Waals surface area contributed by atoms with E-state index in [1.807, 2.05) is 48.5 Å². The Morgan fingerprint density at radius 3 is 2.31 bits per heavy atom. The van der Waals surface area contributed by atoms with E-state index >= 15 is 0 Å². The maximum Gasteiger partial charge on any atom is 0.290 e. The quantitative estimate of drug-likeness (QED) is 0.661. The molecule has 0 aliphatic carbocycles. The van der Waals surface area contributed by atoms with Crippen molar-refractivity contribution in [3.63, 3.8) is 0 Å². The summed E-state index contributed by atoms with van der Waals surface area (Å²) in [5.74, 6) is 0.0478. The lowest BCUT2D eigenvalue weighted by Crippen LogP contribution is -2.29. The van der Waals surface area contributed by atoms with Crippen LogP contribution in [0.3, 0.4) is 0 Å². The zero-order valence-corrected chi connectivity index (χ0v) is 16.5. The number of carbonyl (C=O) groups excluding carboxylic acids is 1. The summed E-state index contributed by atoms with van der Waals surface area (Å²) in [6.45, 7) is 0.346. The Morgan fingerprint density at radius 1 is 1.03 bits per heavy atom. The number of halogens is 1. The minimum atomic E-state index is -0.443. The normalized spacial score (nSPS) is 16.4. The minimum Gasteiger partial charge on any atom is -0.503 e. The van der Waals surface area contributed by atoms with E-state index < -0.39 is 11.9 Å². The molecule has 6 heteroatoms. The van der Waals surface area contributed by atoms with Gasteiger partial charge in [0.05, 0.1) is 13.2 Å². The molecule has 1 atom stereocenters. The molecule has 1 aliphatic rings. The Hall–Kier alpha value is -3.31. The number of amides is 1. The second kappa shape index (κ2) is 7.97. The molecular formula is C23H19ClN2O3. The van der Waals surface area contributed by atoms with Gasteiger partial charge in [-0.15, -0.1) is 0 Å². The SMILES string of the molecule is COc1ccc(C2=C(O)C(=O)N(Cc3ccncc3)C2c2ccc(Cl)cc2)cc1. The Bertz CT molecular complexity index is 1050. The first-order chi connectivity index (χ1) is 14.1. The van der Waals surface area contributed by atoms with E-state index in [0.29, 0.717) is 22.9 Å². The Balaban J connectivity index is 1.80. The standard InChI is InChI=1S/C23H19ClN2O3/c1-29-19-8-4-16(5-9-19)20-21(17-2-6-18(24)7-3-17)26(23(28)22(20)27)14-15-10-12-25-13-11-15/h2-13,21,27H,14H2,1H3. The molecule has 1 aromatic heterocycles. The van der Waals surface area contributed by atoms with Gasteiger partial charge < -0.3 is 14.7 Å². The second-order valence-corrected chi connectivity index (χ2v) is 7.17. The largest absolute Gasteiger partial charge is 0.503 e. The predicted octanol–water partition coefficient (Wildman–Crippen LogP) is 4.80. The maximum atomic E-state index is 13.0.